The molecule has 0 aromatic heterocycles. The van der Waals surface area contributed by atoms with Crippen LogP contribution in [0.25, 0.3) is 0 Å². The molecule has 1 aromatic rings. The molecule has 138 valence electrons. The summed E-state index contributed by atoms with van der Waals surface area (Å²) in [5.74, 6) is -0.153. The predicted molar refractivity (Wildman–Crippen MR) is 97.3 cm³/mol. The van der Waals surface area contributed by atoms with Crippen LogP contribution in [0.15, 0.2) is 30.3 Å². The van der Waals surface area contributed by atoms with Crippen LogP contribution >= 0.6 is 0 Å². The zero-order chi connectivity index (χ0) is 17.9. The Hall–Kier alpha value is -1.43. The van der Waals surface area contributed by atoms with Crippen molar-refractivity contribution in [2.75, 3.05) is 33.3 Å². The minimum Gasteiger partial charge on any atom is -0.468 e. The van der Waals surface area contributed by atoms with E-state index in [-0.39, 0.29) is 23.7 Å². The molecule has 0 radical (unpaired) electrons. The molecule has 5 nitrogen and oxygen atoms in total. The Morgan fingerprint density at radius 1 is 1.32 bits per heavy atom. The lowest BCUT2D eigenvalue weighted by molar-refractivity contribution is -0.176. The maximum atomic E-state index is 11.8. The topological polar surface area (TPSA) is 42.0 Å². The van der Waals surface area contributed by atoms with Gasteiger partial charge in [-0.25, -0.2) is 0 Å². The van der Waals surface area contributed by atoms with Crippen molar-refractivity contribution in [3.05, 3.63) is 35.9 Å². The molecule has 0 amide bonds. The van der Waals surface area contributed by atoms with Gasteiger partial charge in [-0.2, -0.15) is 0 Å². The number of piperidine rings is 1. The molecule has 0 saturated carbocycles. The Balaban J connectivity index is 1.61. The number of hydrogen-bond acceptors (Lipinski definition) is 5. The van der Waals surface area contributed by atoms with Gasteiger partial charge in [-0.1, -0.05) is 30.3 Å². The fraction of sp³-hybridized carbons (Fsp3) is 0.650. The van der Waals surface area contributed by atoms with Crippen molar-refractivity contribution in [1.82, 2.24) is 9.80 Å². The second-order valence-corrected chi connectivity index (χ2v) is 7.50. The lowest BCUT2D eigenvalue weighted by Gasteiger charge is -2.50. The first kappa shape index (κ1) is 18.4. The highest BCUT2D eigenvalue weighted by Crippen LogP contribution is 2.33. The molecular formula is C20H30N2O3. The van der Waals surface area contributed by atoms with E-state index in [9.17, 15) is 4.79 Å². The first-order chi connectivity index (χ1) is 12.0. The normalized spacial score (nSPS) is 25.6. The Labute approximate surface area is 150 Å². The van der Waals surface area contributed by atoms with Gasteiger partial charge in [0, 0.05) is 32.7 Å². The molecule has 25 heavy (non-hydrogen) atoms. The van der Waals surface area contributed by atoms with Crippen LogP contribution in [0.3, 0.4) is 0 Å². The van der Waals surface area contributed by atoms with E-state index in [0.717, 1.165) is 45.6 Å². The summed E-state index contributed by atoms with van der Waals surface area (Å²) in [7, 11) is 1.46. The molecular weight excluding hydrogens is 316 g/mol. The van der Waals surface area contributed by atoms with E-state index in [1.807, 2.05) is 6.92 Å². The molecule has 3 rings (SSSR count). The molecule has 2 atom stereocenters. The maximum absolute atomic E-state index is 11.8. The van der Waals surface area contributed by atoms with Gasteiger partial charge in [0.2, 0.25) is 0 Å². The molecule has 0 aliphatic carbocycles. The van der Waals surface area contributed by atoms with Gasteiger partial charge in [0.15, 0.2) is 0 Å². The van der Waals surface area contributed by atoms with Crippen molar-refractivity contribution in [2.24, 2.45) is 0 Å². The number of ether oxygens (including phenoxy) is 2. The number of methoxy groups -OCH3 is 1. The minimum atomic E-state index is -0.177. The molecule has 2 aliphatic heterocycles. The van der Waals surface area contributed by atoms with Gasteiger partial charge in [0.1, 0.15) is 6.04 Å². The number of morpholine rings is 1. The SMILES string of the molecule is COC(=O)C(C)N1CCC2(CC1)CN(Cc1ccccc1)CC(C)O2. The van der Waals surface area contributed by atoms with Gasteiger partial charge < -0.3 is 9.47 Å². The fourth-order valence-electron chi connectivity index (χ4n) is 4.21. The van der Waals surface area contributed by atoms with Gasteiger partial charge in [0.25, 0.3) is 0 Å². The molecule has 0 N–H and O–H groups in total. The second kappa shape index (κ2) is 7.85. The Kier molecular flexibility index (Phi) is 5.77. The van der Waals surface area contributed by atoms with E-state index >= 15 is 0 Å². The van der Waals surface area contributed by atoms with Crippen LogP contribution in [0.1, 0.15) is 32.3 Å². The highest BCUT2D eigenvalue weighted by molar-refractivity contribution is 5.75. The molecule has 2 saturated heterocycles. The largest absolute Gasteiger partial charge is 0.468 e. The van der Waals surface area contributed by atoms with E-state index in [0.29, 0.717) is 0 Å². The Bertz CT molecular complexity index is 570. The minimum absolute atomic E-state index is 0.0845. The summed E-state index contributed by atoms with van der Waals surface area (Å²) in [5, 5.41) is 0. The summed E-state index contributed by atoms with van der Waals surface area (Å²) in [5.41, 5.74) is 1.27. The highest BCUT2D eigenvalue weighted by Gasteiger charge is 2.43. The third-order valence-electron chi connectivity index (χ3n) is 5.53. The Morgan fingerprint density at radius 2 is 2.00 bits per heavy atom. The number of carbonyl (C=O) groups is 1. The first-order valence-corrected chi connectivity index (χ1v) is 9.27. The summed E-state index contributed by atoms with van der Waals surface area (Å²) in [6, 6.07) is 10.5. The second-order valence-electron chi connectivity index (χ2n) is 7.50. The van der Waals surface area contributed by atoms with Crippen molar-refractivity contribution < 1.29 is 14.3 Å². The van der Waals surface area contributed by atoms with Crippen LogP contribution in [-0.2, 0) is 20.8 Å². The number of carbonyl (C=O) groups excluding carboxylic acids is 1. The van der Waals surface area contributed by atoms with Crippen LogP contribution in [0.5, 0.6) is 0 Å². The molecule has 2 heterocycles. The standard InChI is InChI=1S/C20H30N2O3/c1-16-13-21(14-18-7-5-4-6-8-18)15-20(25-16)9-11-22(12-10-20)17(2)19(23)24-3/h4-8,16-17H,9-15H2,1-3H3. The molecule has 0 bridgehead atoms. The van der Waals surface area contributed by atoms with Crippen molar-refractivity contribution in [3.63, 3.8) is 0 Å². The van der Waals surface area contributed by atoms with Crippen LogP contribution in [0.4, 0.5) is 0 Å². The quantitative estimate of drug-likeness (QED) is 0.783. The van der Waals surface area contributed by atoms with Gasteiger partial charge in [0.05, 0.1) is 18.8 Å². The van der Waals surface area contributed by atoms with Crippen molar-refractivity contribution in [3.8, 4) is 0 Å². The summed E-state index contributed by atoms with van der Waals surface area (Å²) in [6.45, 7) is 8.76. The van der Waals surface area contributed by atoms with Gasteiger partial charge in [-0.05, 0) is 32.3 Å². The monoisotopic (exact) mass is 346 g/mol. The summed E-state index contributed by atoms with van der Waals surface area (Å²) in [4.78, 5) is 16.5. The molecule has 1 spiro atoms. The van der Waals surface area contributed by atoms with E-state index in [1.54, 1.807) is 0 Å². The highest BCUT2D eigenvalue weighted by atomic mass is 16.5. The number of esters is 1. The Morgan fingerprint density at radius 3 is 2.64 bits per heavy atom. The van der Waals surface area contributed by atoms with Crippen molar-refractivity contribution >= 4 is 5.97 Å². The number of nitrogens with zero attached hydrogens (tertiary/aromatic N) is 2. The summed E-state index contributed by atoms with van der Waals surface area (Å²) < 4.78 is 11.3. The zero-order valence-corrected chi connectivity index (χ0v) is 15.6. The van der Waals surface area contributed by atoms with Gasteiger partial charge >= 0.3 is 5.97 Å². The number of hydrogen-bond donors (Lipinski definition) is 0. The van der Waals surface area contributed by atoms with E-state index < -0.39 is 0 Å². The number of benzene rings is 1. The van der Waals surface area contributed by atoms with Crippen LogP contribution in [-0.4, -0.2) is 66.8 Å². The molecule has 2 aliphatic rings. The van der Waals surface area contributed by atoms with Gasteiger partial charge in [-0.15, -0.1) is 0 Å². The molecule has 2 fully saturated rings. The molecule has 1 aromatic carbocycles. The van der Waals surface area contributed by atoms with Crippen LogP contribution in [0.2, 0.25) is 0 Å². The lowest BCUT2D eigenvalue weighted by Crippen LogP contribution is -2.60. The van der Waals surface area contributed by atoms with E-state index in [1.165, 1.54) is 12.7 Å². The van der Waals surface area contributed by atoms with Crippen molar-refractivity contribution in [1.29, 1.82) is 0 Å². The zero-order valence-electron chi connectivity index (χ0n) is 15.6. The first-order valence-electron chi connectivity index (χ1n) is 9.27. The number of rotatable bonds is 4. The third-order valence-corrected chi connectivity index (χ3v) is 5.53. The van der Waals surface area contributed by atoms with E-state index in [2.05, 4.69) is 47.1 Å². The van der Waals surface area contributed by atoms with E-state index in [4.69, 9.17) is 9.47 Å². The predicted octanol–water partition coefficient (Wildman–Crippen LogP) is 2.30. The molecule has 2 unspecified atom stereocenters. The maximum Gasteiger partial charge on any atom is 0.322 e. The van der Waals surface area contributed by atoms with Crippen LogP contribution < -0.4 is 0 Å². The van der Waals surface area contributed by atoms with Crippen molar-refractivity contribution in [2.45, 2.75) is 51.0 Å². The average Bonchev–Trinajstić information content (AvgIpc) is 2.61. The molecule has 5 heteroatoms. The smallest absolute Gasteiger partial charge is 0.322 e. The van der Waals surface area contributed by atoms with Crippen LogP contribution in [0, 0.1) is 0 Å². The summed E-state index contributed by atoms with van der Waals surface area (Å²) in [6.07, 6.45) is 2.16. The number of likely N-dealkylation sites (tertiary alicyclic amines) is 1. The van der Waals surface area contributed by atoms with Gasteiger partial charge in [-0.3, -0.25) is 14.6 Å². The average molecular weight is 346 g/mol. The summed E-state index contributed by atoms with van der Waals surface area (Å²) >= 11 is 0. The lowest BCUT2D eigenvalue weighted by atomic mass is 9.88. The fourth-order valence-corrected chi connectivity index (χ4v) is 4.21. The third kappa shape index (κ3) is 4.40.